The summed E-state index contributed by atoms with van der Waals surface area (Å²) in [5.41, 5.74) is -0.0994. The van der Waals surface area contributed by atoms with Crippen LogP contribution in [0.4, 0.5) is 24.8 Å². The van der Waals surface area contributed by atoms with Gasteiger partial charge in [-0.2, -0.15) is 18.3 Å². The van der Waals surface area contributed by atoms with Gasteiger partial charge in [-0.3, -0.25) is 4.68 Å². The number of hydrogen-bond acceptors (Lipinski definition) is 8. The van der Waals surface area contributed by atoms with Crippen LogP contribution in [0.3, 0.4) is 0 Å². The van der Waals surface area contributed by atoms with E-state index in [1.54, 1.807) is 14.0 Å². The van der Waals surface area contributed by atoms with Crippen molar-refractivity contribution in [2.75, 3.05) is 17.7 Å². The Bertz CT molecular complexity index is 1420. The van der Waals surface area contributed by atoms with Crippen molar-refractivity contribution >= 4 is 27.8 Å². The molecule has 1 fully saturated rings. The van der Waals surface area contributed by atoms with Crippen LogP contribution < -0.4 is 5.32 Å². The van der Waals surface area contributed by atoms with Crippen molar-refractivity contribution in [3.63, 3.8) is 0 Å². The lowest BCUT2D eigenvalue weighted by molar-refractivity contribution is -0.137. The standard InChI is InChI=1S/C26H30F3N5O4S/c1-17-12-21(39(36,37)11-3-10-38-20-6-4-18(16-35)5-7-20)8-9-23(17)32-25-30-14-22(26(27,28)29)24(33-25)19-13-31-34(2)15-19/h8-9,12-16,18,20H,3-7,10-11H2,1-2H3,(H,30,32,33). The highest BCUT2D eigenvalue weighted by Crippen LogP contribution is 2.36. The molecule has 1 aromatic carbocycles. The first kappa shape index (κ1) is 28.7. The Morgan fingerprint density at radius 2 is 1.92 bits per heavy atom. The minimum absolute atomic E-state index is 0.0580. The fourth-order valence-corrected chi connectivity index (χ4v) is 5.88. The lowest BCUT2D eigenvalue weighted by atomic mass is 9.88. The fourth-order valence-electron chi connectivity index (χ4n) is 4.51. The smallest absolute Gasteiger partial charge is 0.378 e. The summed E-state index contributed by atoms with van der Waals surface area (Å²) in [6.45, 7) is 2.01. The second-order valence-electron chi connectivity index (χ2n) is 9.67. The van der Waals surface area contributed by atoms with Gasteiger partial charge in [-0.25, -0.2) is 18.4 Å². The van der Waals surface area contributed by atoms with Crippen LogP contribution in [-0.2, 0) is 32.6 Å². The largest absolute Gasteiger partial charge is 0.419 e. The number of aryl methyl sites for hydroxylation is 2. The highest BCUT2D eigenvalue weighted by Gasteiger charge is 2.36. The molecule has 0 radical (unpaired) electrons. The van der Waals surface area contributed by atoms with Crippen molar-refractivity contribution in [1.29, 1.82) is 0 Å². The number of carbonyl (C=O) groups is 1. The number of aldehydes is 1. The Morgan fingerprint density at radius 1 is 1.18 bits per heavy atom. The number of alkyl halides is 3. The molecule has 0 spiro atoms. The molecule has 210 valence electrons. The lowest BCUT2D eigenvalue weighted by Crippen LogP contribution is -2.23. The Hall–Kier alpha value is -3.32. The number of anilines is 2. The Morgan fingerprint density at radius 3 is 2.54 bits per heavy atom. The van der Waals surface area contributed by atoms with E-state index in [-0.39, 0.29) is 39.9 Å². The molecule has 39 heavy (non-hydrogen) atoms. The summed E-state index contributed by atoms with van der Waals surface area (Å²) < 4.78 is 73.6. The van der Waals surface area contributed by atoms with Crippen molar-refractivity contribution in [2.45, 2.75) is 56.2 Å². The predicted molar refractivity (Wildman–Crippen MR) is 138 cm³/mol. The summed E-state index contributed by atoms with van der Waals surface area (Å²) >= 11 is 0. The summed E-state index contributed by atoms with van der Waals surface area (Å²) in [4.78, 5) is 18.9. The monoisotopic (exact) mass is 565 g/mol. The minimum atomic E-state index is -4.66. The number of nitrogens with zero attached hydrogens (tertiary/aromatic N) is 4. The number of rotatable bonds is 10. The zero-order chi connectivity index (χ0) is 28.2. The van der Waals surface area contributed by atoms with Crippen LogP contribution in [0, 0.1) is 12.8 Å². The first-order chi connectivity index (χ1) is 18.5. The van der Waals surface area contributed by atoms with E-state index in [1.165, 1.54) is 35.3 Å². The maximum atomic E-state index is 13.5. The molecule has 1 aliphatic rings. The lowest BCUT2D eigenvalue weighted by Gasteiger charge is -2.25. The van der Waals surface area contributed by atoms with Gasteiger partial charge >= 0.3 is 6.18 Å². The SMILES string of the molecule is Cc1cc(S(=O)(=O)CCCOC2CCC(C=O)CC2)ccc1Nc1ncc(C(F)(F)F)c(-c2cnn(C)c2)n1. The second kappa shape index (κ2) is 11.8. The molecule has 2 aromatic heterocycles. The summed E-state index contributed by atoms with van der Waals surface area (Å²) in [6.07, 6.45) is 3.36. The van der Waals surface area contributed by atoms with Gasteiger partial charge in [-0.1, -0.05) is 0 Å². The van der Waals surface area contributed by atoms with Crippen LogP contribution in [0.1, 0.15) is 43.2 Å². The van der Waals surface area contributed by atoms with E-state index in [0.717, 1.165) is 32.0 Å². The van der Waals surface area contributed by atoms with Gasteiger partial charge in [0.1, 0.15) is 11.8 Å². The normalized spacial score (nSPS) is 18.2. The molecular formula is C26H30F3N5O4S. The third-order valence-electron chi connectivity index (χ3n) is 6.70. The highest BCUT2D eigenvalue weighted by molar-refractivity contribution is 7.91. The molecule has 4 rings (SSSR count). The molecule has 13 heteroatoms. The van der Waals surface area contributed by atoms with E-state index in [4.69, 9.17) is 4.74 Å². The van der Waals surface area contributed by atoms with Gasteiger partial charge in [0.25, 0.3) is 0 Å². The molecule has 0 bridgehead atoms. The van der Waals surface area contributed by atoms with Gasteiger partial charge in [0.15, 0.2) is 9.84 Å². The number of nitrogens with one attached hydrogen (secondary N) is 1. The number of benzene rings is 1. The molecule has 3 aromatic rings. The maximum Gasteiger partial charge on any atom is 0.419 e. The summed E-state index contributed by atoms with van der Waals surface area (Å²) in [7, 11) is -1.98. The van der Waals surface area contributed by atoms with Crippen LogP contribution >= 0.6 is 0 Å². The van der Waals surface area contributed by atoms with Gasteiger partial charge < -0.3 is 14.8 Å². The molecule has 0 unspecified atom stereocenters. The highest BCUT2D eigenvalue weighted by atomic mass is 32.2. The predicted octanol–water partition coefficient (Wildman–Crippen LogP) is 4.89. The molecule has 0 aliphatic heterocycles. The first-order valence-corrected chi connectivity index (χ1v) is 14.2. The fraction of sp³-hybridized carbons (Fsp3) is 0.462. The van der Waals surface area contributed by atoms with Gasteiger partial charge in [-0.15, -0.1) is 0 Å². The van der Waals surface area contributed by atoms with E-state index in [9.17, 15) is 26.4 Å². The van der Waals surface area contributed by atoms with Gasteiger partial charge in [-0.05, 0) is 62.8 Å². The number of halogens is 3. The number of hydrogen-bond donors (Lipinski definition) is 1. The van der Waals surface area contributed by atoms with Gasteiger partial charge in [0.05, 0.1) is 28.6 Å². The molecule has 1 N–H and O–H groups in total. The summed E-state index contributed by atoms with van der Waals surface area (Å²) in [6, 6.07) is 4.48. The van der Waals surface area contributed by atoms with E-state index in [2.05, 4.69) is 20.4 Å². The van der Waals surface area contributed by atoms with Crippen molar-refractivity contribution in [3.05, 3.63) is 47.9 Å². The molecular weight excluding hydrogens is 535 g/mol. The Balaban J connectivity index is 1.41. The Labute approximate surface area is 224 Å². The van der Waals surface area contributed by atoms with Gasteiger partial charge in [0.2, 0.25) is 5.95 Å². The third kappa shape index (κ3) is 7.21. The second-order valence-corrected chi connectivity index (χ2v) is 11.8. The molecule has 1 saturated carbocycles. The van der Waals surface area contributed by atoms with E-state index in [0.29, 0.717) is 30.5 Å². The number of aromatic nitrogens is 4. The zero-order valence-corrected chi connectivity index (χ0v) is 22.4. The van der Waals surface area contributed by atoms with E-state index in [1.807, 2.05) is 0 Å². The quantitative estimate of drug-likeness (QED) is 0.273. The average Bonchev–Trinajstić information content (AvgIpc) is 3.33. The summed E-state index contributed by atoms with van der Waals surface area (Å²) in [5, 5.41) is 6.81. The van der Waals surface area contributed by atoms with Crippen LogP contribution in [-0.4, -0.2) is 52.9 Å². The maximum absolute atomic E-state index is 13.5. The molecule has 9 nitrogen and oxygen atoms in total. The first-order valence-electron chi connectivity index (χ1n) is 12.6. The molecule has 0 saturated heterocycles. The third-order valence-corrected chi connectivity index (χ3v) is 8.50. The van der Waals surface area contributed by atoms with Crippen LogP contribution in [0.2, 0.25) is 0 Å². The zero-order valence-electron chi connectivity index (χ0n) is 21.6. The van der Waals surface area contributed by atoms with Crippen LogP contribution in [0.5, 0.6) is 0 Å². The topological polar surface area (TPSA) is 116 Å². The summed E-state index contributed by atoms with van der Waals surface area (Å²) in [5.74, 6) is -0.0563. The van der Waals surface area contributed by atoms with Crippen LogP contribution in [0.25, 0.3) is 11.3 Å². The molecule has 1 aliphatic carbocycles. The van der Waals surface area contributed by atoms with Gasteiger partial charge in [0, 0.05) is 43.2 Å². The molecule has 0 atom stereocenters. The van der Waals surface area contributed by atoms with Crippen molar-refractivity contribution < 1.29 is 31.1 Å². The number of carbonyl (C=O) groups excluding carboxylic acids is 1. The molecule has 2 heterocycles. The van der Waals surface area contributed by atoms with Crippen molar-refractivity contribution in [3.8, 4) is 11.3 Å². The number of ether oxygens (including phenoxy) is 1. The number of sulfone groups is 1. The average molecular weight is 566 g/mol. The molecule has 0 amide bonds. The Kier molecular flexibility index (Phi) is 8.70. The van der Waals surface area contributed by atoms with Crippen molar-refractivity contribution in [2.24, 2.45) is 13.0 Å². The van der Waals surface area contributed by atoms with E-state index >= 15 is 0 Å². The minimum Gasteiger partial charge on any atom is -0.378 e. The van der Waals surface area contributed by atoms with Crippen LogP contribution in [0.15, 0.2) is 41.7 Å². The van der Waals surface area contributed by atoms with E-state index < -0.39 is 21.6 Å². The van der Waals surface area contributed by atoms with Crippen molar-refractivity contribution in [1.82, 2.24) is 19.7 Å².